The van der Waals surface area contributed by atoms with Crippen LogP contribution in [0.5, 0.6) is 0 Å². The topological polar surface area (TPSA) is 94.6 Å². The predicted molar refractivity (Wildman–Crippen MR) is 206 cm³/mol. The monoisotopic (exact) mass is 859 g/mol. The number of rotatable bonds is 6. The fraction of sp³-hybridized carbons (Fsp3) is 0.268. The van der Waals surface area contributed by atoms with Crippen molar-refractivity contribution in [2.24, 2.45) is 5.41 Å². The second-order valence-electron chi connectivity index (χ2n) is 14.9. The summed E-state index contributed by atoms with van der Waals surface area (Å²) in [5, 5.41) is 4.60. The Morgan fingerprint density at radius 1 is 0.831 bits per heavy atom. The first-order valence-electron chi connectivity index (χ1n) is 18.2. The summed E-state index contributed by atoms with van der Waals surface area (Å²) in [6.07, 6.45) is -3.70. The number of anilines is 4. The Kier molecular flexibility index (Phi) is 10.2. The van der Waals surface area contributed by atoms with Crippen LogP contribution in [0.3, 0.4) is 0 Å². The van der Waals surface area contributed by atoms with Crippen LogP contribution in [0.1, 0.15) is 67.2 Å². The smallest absolute Gasteiger partial charge is 0.356 e. The summed E-state index contributed by atoms with van der Waals surface area (Å²) in [5.74, 6) is -7.54. The second-order valence-corrected chi connectivity index (χ2v) is 16.3. The van der Waals surface area contributed by atoms with Crippen LogP contribution in [0.2, 0.25) is 5.02 Å². The van der Waals surface area contributed by atoms with Crippen molar-refractivity contribution in [1.82, 2.24) is 4.98 Å². The van der Waals surface area contributed by atoms with Crippen molar-refractivity contribution in [1.29, 1.82) is 0 Å². The lowest BCUT2D eigenvalue weighted by atomic mass is 9.61. The van der Waals surface area contributed by atoms with E-state index in [1.54, 1.807) is 11.0 Å². The van der Waals surface area contributed by atoms with E-state index in [0.29, 0.717) is 47.2 Å². The Morgan fingerprint density at radius 3 is 2.20 bits per heavy atom. The molecule has 3 amide bonds. The van der Waals surface area contributed by atoms with E-state index in [9.17, 15) is 49.5 Å². The Morgan fingerprint density at radius 2 is 1.54 bits per heavy atom. The Bertz CT molecular complexity index is 2490. The molecule has 3 aliphatic rings. The zero-order valence-corrected chi connectivity index (χ0v) is 32.0. The zero-order valence-electron chi connectivity index (χ0n) is 30.5. The summed E-state index contributed by atoms with van der Waals surface area (Å²) in [6.45, 7) is 0.503. The molecule has 18 heteroatoms. The number of fused-ring (bicyclic) bond motifs is 3. The highest BCUT2D eigenvalue weighted by atomic mass is 35.5. The minimum Gasteiger partial charge on any atom is -0.356 e. The molecular weight excluding hydrogens is 830 g/mol. The molecule has 2 aliphatic heterocycles. The van der Waals surface area contributed by atoms with Crippen LogP contribution in [0.15, 0.2) is 72.9 Å². The van der Waals surface area contributed by atoms with E-state index in [0.717, 1.165) is 17.4 Å². The standard InChI is InChI=1S/C41H30ClF8N5O3S/c42-29-15-25(44)16-30(45)33(29)53-37(57)32-13-22-7-10-55(31-17-24(43)3-6-27(31)34(22)59-32)38(58)21-1-4-26(5-2-21)52-36(56)28-14-23(41(48,49)50)18-51-35(28)54-11-8-39(9-12-54)19-40(46,47)20-39/h1-6,13-18H,7-12,19-20H2,(H,52,56)(H,53,57). The average Bonchev–Trinajstić information content (AvgIpc) is 3.53. The molecule has 1 spiro atoms. The van der Waals surface area contributed by atoms with Crippen molar-refractivity contribution >= 4 is 63.5 Å². The minimum atomic E-state index is -4.80. The number of piperidine rings is 1. The van der Waals surface area contributed by atoms with E-state index in [1.165, 1.54) is 47.4 Å². The van der Waals surface area contributed by atoms with Crippen LogP contribution in [0, 0.1) is 22.9 Å². The highest BCUT2D eigenvalue weighted by Crippen LogP contribution is 2.57. The van der Waals surface area contributed by atoms with Gasteiger partial charge in [0.2, 0.25) is 5.92 Å². The number of benzene rings is 3. The molecule has 4 heterocycles. The Hall–Kier alpha value is -5.55. The van der Waals surface area contributed by atoms with Crippen molar-refractivity contribution in [3.8, 4) is 10.4 Å². The number of carbonyl (C=O) groups excluding carboxylic acids is 3. The quantitative estimate of drug-likeness (QED) is 0.166. The molecule has 1 aliphatic carbocycles. The first kappa shape index (κ1) is 40.2. The van der Waals surface area contributed by atoms with Gasteiger partial charge >= 0.3 is 6.18 Å². The van der Waals surface area contributed by atoms with E-state index in [1.807, 2.05) is 0 Å². The van der Waals surface area contributed by atoms with Gasteiger partial charge in [-0.05, 0) is 90.9 Å². The molecular formula is C41H30ClF8N5O3S. The van der Waals surface area contributed by atoms with Crippen molar-refractivity contribution < 1.29 is 49.5 Å². The lowest BCUT2D eigenvalue weighted by Gasteiger charge is -2.52. The molecule has 2 fully saturated rings. The maximum atomic E-state index is 14.7. The molecule has 5 aromatic rings. The minimum absolute atomic E-state index is 0.0114. The van der Waals surface area contributed by atoms with Gasteiger partial charge in [-0.1, -0.05) is 11.6 Å². The van der Waals surface area contributed by atoms with Gasteiger partial charge in [0, 0.05) is 66.4 Å². The van der Waals surface area contributed by atoms with Crippen molar-refractivity contribution in [3.63, 3.8) is 0 Å². The first-order valence-corrected chi connectivity index (χ1v) is 19.4. The second kappa shape index (κ2) is 14.9. The van der Waals surface area contributed by atoms with Gasteiger partial charge in [0.1, 0.15) is 17.5 Å². The van der Waals surface area contributed by atoms with E-state index in [2.05, 4.69) is 15.6 Å². The number of alkyl halides is 5. The summed E-state index contributed by atoms with van der Waals surface area (Å²) < 4.78 is 111. The van der Waals surface area contributed by atoms with Gasteiger partial charge in [-0.15, -0.1) is 11.3 Å². The molecule has 0 radical (unpaired) electrons. The van der Waals surface area contributed by atoms with Gasteiger partial charge in [-0.2, -0.15) is 13.2 Å². The number of thiophene rings is 1. The number of nitrogens with zero attached hydrogens (tertiary/aromatic N) is 3. The van der Waals surface area contributed by atoms with Gasteiger partial charge in [-0.3, -0.25) is 14.4 Å². The first-order chi connectivity index (χ1) is 27.9. The number of halogens is 9. The number of aromatic nitrogens is 1. The van der Waals surface area contributed by atoms with Gasteiger partial charge in [0.25, 0.3) is 17.7 Å². The molecule has 8 nitrogen and oxygen atoms in total. The van der Waals surface area contributed by atoms with Crippen molar-refractivity contribution in [2.45, 2.75) is 44.2 Å². The predicted octanol–water partition coefficient (Wildman–Crippen LogP) is 10.6. The third kappa shape index (κ3) is 7.97. The lowest BCUT2D eigenvalue weighted by Crippen LogP contribution is -2.52. The molecule has 3 aromatic carbocycles. The van der Waals surface area contributed by atoms with Crippen molar-refractivity contribution in [2.75, 3.05) is 40.1 Å². The zero-order chi connectivity index (χ0) is 42.0. The Balaban J connectivity index is 0.999. The summed E-state index contributed by atoms with van der Waals surface area (Å²) in [5.41, 5.74) is -0.904. The molecule has 2 aromatic heterocycles. The maximum Gasteiger partial charge on any atom is 0.417 e. The van der Waals surface area contributed by atoms with E-state index < -0.39 is 63.9 Å². The fourth-order valence-corrected chi connectivity index (χ4v) is 9.33. The number of pyridine rings is 1. The van der Waals surface area contributed by atoms with Gasteiger partial charge in [0.15, 0.2) is 5.82 Å². The third-order valence-corrected chi connectivity index (χ3v) is 12.4. The molecule has 0 unspecified atom stereocenters. The van der Waals surface area contributed by atoms with Gasteiger partial charge < -0.3 is 20.4 Å². The molecule has 306 valence electrons. The number of hydrogen-bond donors (Lipinski definition) is 2. The number of amides is 3. The van der Waals surface area contributed by atoms with Crippen LogP contribution in [-0.4, -0.2) is 48.3 Å². The fourth-order valence-electron chi connectivity index (χ4n) is 7.95. The van der Waals surface area contributed by atoms with Gasteiger partial charge in [0.05, 0.1) is 32.4 Å². The van der Waals surface area contributed by atoms with Crippen LogP contribution in [-0.2, 0) is 12.6 Å². The third-order valence-electron chi connectivity index (χ3n) is 10.8. The highest BCUT2D eigenvalue weighted by Gasteiger charge is 2.57. The average molecular weight is 860 g/mol. The van der Waals surface area contributed by atoms with Crippen LogP contribution < -0.4 is 20.4 Å². The summed E-state index contributed by atoms with van der Waals surface area (Å²) in [4.78, 5) is 48.4. The molecule has 59 heavy (non-hydrogen) atoms. The van der Waals surface area contributed by atoms with Crippen LogP contribution in [0.4, 0.5) is 58.0 Å². The lowest BCUT2D eigenvalue weighted by molar-refractivity contribution is -0.168. The van der Waals surface area contributed by atoms with E-state index in [-0.39, 0.29) is 77.1 Å². The summed E-state index contributed by atoms with van der Waals surface area (Å²) >= 11 is 6.98. The van der Waals surface area contributed by atoms with Crippen LogP contribution >= 0.6 is 22.9 Å². The Labute approximate surface area is 339 Å². The number of hydrogen-bond acceptors (Lipinski definition) is 6. The van der Waals surface area contributed by atoms with E-state index >= 15 is 0 Å². The van der Waals surface area contributed by atoms with Crippen LogP contribution in [0.25, 0.3) is 10.4 Å². The number of nitrogens with one attached hydrogen (secondary N) is 2. The molecule has 1 saturated carbocycles. The van der Waals surface area contributed by atoms with Gasteiger partial charge in [-0.25, -0.2) is 26.9 Å². The summed E-state index contributed by atoms with van der Waals surface area (Å²) in [7, 11) is 0. The van der Waals surface area contributed by atoms with Crippen molar-refractivity contribution in [3.05, 3.63) is 123 Å². The molecule has 0 bridgehead atoms. The molecule has 0 atom stereocenters. The normalized spacial score (nSPS) is 16.8. The maximum absolute atomic E-state index is 14.7. The molecule has 2 N–H and O–H groups in total. The van der Waals surface area contributed by atoms with E-state index in [4.69, 9.17) is 11.6 Å². The summed E-state index contributed by atoms with van der Waals surface area (Å²) in [6, 6.07) is 13.1. The molecule has 1 saturated heterocycles. The largest absolute Gasteiger partial charge is 0.417 e. The number of carbonyl (C=O) groups is 3. The molecule has 8 rings (SSSR count). The SMILES string of the molecule is O=C(Nc1c(F)cc(F)cc1Cl)c1cc2c(s1)-c1ccc(F)cc1N(C(=O)c1ccc(NC(=O)c3cc(C(F)(F)F)cnc3N3CCC4(CC3)CC(F)(F)C4)cc1)CC2. The highest BCUT2D eigenvalue weighted by molar-refractivity contribution is 7.17.